The molecule has 1 saturated heterocycles. The van der Waals surface area contributed by atoms with Gasteiger partial charge >= 0.3 is 0 Å². The molecule has 0 unspecified atom stereocenters. The average molecular weight is 402 g/mol. The van der Waals surface area contributed by atoms with Crippen molar-refractivity contribution < 1.29 is 9.32 Å². The first kappa shape index (κ1) is 18.0. The van der Waals surface area contributed by atoms with Gasteiger partial charge in [0, 0.05) is 17.1 Å². The Bertz CT molecular complexity index is 985. The lowest BCUT2D eigenvalue weighted by Gasteiger charge is -2.22. The largest absolute Gasteiger partial charge is 0.337 e. The summed E-state index contributed by atoms with van der Waals surface area (Å²) >= 11 is 12.1. The van der Waals surface area contributed by atoms with Crippen LogP contribution in [0.4, 0.5) is 0 Å². The van der Waals surface area contributed by atoms with Gasteiger partial charge in [0.2, 0.25) is 11.7 Å². The molecule has 27 heavy (non-hydrogen) atoms. The van der Waals surface area contributed by atoms with E-state index >= 15 is 0 Å². The number of carbonyl (C=O) groups is 1. The fourth-order valence-corrected chi connectivity index (χ4v) is 3.76. The van der Waals surface area contributed by atoms with E-state index < -0.39 is 0 Å². The monoisotopic (exact) mass is 401 g/mol. The molecule has 1 atom stereocenters. The van der Waals surface area contributed by atoms with E-state index in [2.05, 4.69) is 10.1 Å². The maximum absolute atomic E-state index is 13.0. The Hall–Kier alpha value is -2.37. The number of aromatic nitrogens is 2. The second-order valence-electron chi connectivity index (χ2n) is 6.60. The van der Waals surface area contributed by atoms with Crippen LogP contribution in [0.2, 0.25) is 10.0 Å². The summed E-state index contributed by atoms with van der Waals surface area (Å²) in [4.78, 5) is 19.3. The Morgan fingerprint density at radius 3 is 2.70 bits per heavy atom. The maximum atomic E-state index is 13.0. The number of rotatable bonds is 3. The van der Waals surface area contributed by atoms with Crippen molar-refractivity contribution in [1.82, 2.24) is 15.0 Å². The molecule has 0 N–H and O–H groups in total. The minimum atomic E-state index is -0.254. The Balaban J connectivity index is 1.60. The molecule has 0 bridgehead atoms. The van der Waals surface area contributed by atoms with E-state index in [0.717, 1.165) is 24.0 Å². The minimum absolute atomic E-state index is 0.158. The highest BCUT2D eigenvalue weighted by atomic mass is 35.5. The van der Waals surface area contributed by atoms with Gasteiger partial charge in [-0.25, -0.2) is 0 Å². The van der Waals surface area contributed by atoms with Crippen LogP contribution in [-0.2, 0) is 0 Å². The van der Waals surface area contributed by atoms with Crippen LogP contribution in [-0.4, -0.2) is 27.5 Å². The number of carbonyl (C=O) groups excluding carboxylic acids is 1. The molecular formula is C20H17Cl2N3O2. The number of hydrogen-bond donors (Lipinski definition) is 0. The number of nitrogens with zero attached hydrogens (tertiary/aromatic N) is 3. The number of amides is 1. The Morgan fingerprint density at radius 2 is 1.96 bits per heavy atom. The van der Waals surface area contributed by atoms with Gasteiger partial charge in [0.25, 0.3) is 5.91 Å². The van der Waals surface area contributed by atoms with Crippen molar-refractivity contribution in [2.75, 3.05) is 6.54 Å². The number of hydrogen-bond acceptors (Lipinski definition) is 4. The molecule has 0 radical (unpaired) electrons. The van der Waals surface area contributed by atoms with Crippen LogP contribution in [0.5, 0.6) is 0 Å². The van der Waals surface area contributed by atoms with Gasteiger partial charge in [-0.05, 0) is 38.0 Å². The molecule has 138 valence electrons. The van der Waals surface area contributed by atoms with Gasteiger partial charge in [-0.2, -0.15) is 4.98 Å². The predicted molar refractivity (Wildman–Crippen MR) is 104 cm³/mol. The molecule has 1 aromatic heterocycles. The highest BCUT2D eigenvalue weighted by molar-refractivity contribution is 6.36. The fraction of sp³-hybridized carbons (Fsp3) is 0.250. The van der Waals surface area contributed by atoms with Crippen LogP contribution in [0.1, 0.15) is 40.7 Å². The second kappa shape index (κ2) is 7.33. The molecular weight excluding hydrogens is 385 g/mol. The molecule has 2 heterocycles. The molecule has 1 fully saturated rings. The third-order valence-corrected chi connectivity index (χ3v) is 5.26. The van der Waals surface area contributed by atoms with E-state index in [1.54, 1.807) is 23.1 Å². The SMILES string of the molecule is Cc1ccc(-c2noc([C@@H]3CCCN3C(=O)c3ccc(Cl)cc3Cl)n2)cc1. The smallest absolute Gasteiger partial charge is 0.256 e. The van der Waals surface area contributed by atoms with E-state index in [4.69, 9.17) is 27.7 Å². The Morgan fingerprint density at radius 1 is 1.19 bits per heavy atom. The molecule has 5 nitrogen and oxygen atoms in total. The third kappa shape index (κ3) is 3.57. The molecule has 2 aromatic carbocycles. The minimum Gasteiger partial charge on any atom is -0.337 e. The lowest BCUT2D eigenvalue weighted by atomic mass is 10.1. The highest BCUT2D eigenvalue weighted by Gasteiger charge is 2.35. The summed E-state index contributed by atoms with van der Waals surface area (Å²) in [5, 5.41) is 4.92. The summed E-state index contributed by atoms with van der Waals surface area (Å²) in [5.41, 5.74) is 2.47. The lowest BCUT2D eigenvalue weighted by Crippen LogP contribution is -2.31. The van der Waals surface area contributed by atoms with Crippen LogP contribution in [0.3, 0.4) is 0 Å². The van der Waals surface area contributed by atoms with Crippen molar-refractivity contribution in [3.05, 3.63) is 69.5 Å². The van der Waals surface area contributed by atoms with E-state index in [0.29, 0.717) is 33.9 Å². The van der Waals surface area contributed by atoms with Gasteiger partial charge in [-0.15, -0.1) is 0 Å². The molecule has 1 aliphatic heterocycles. The summed E-state index contributed by atoms with van der Waals surface area (Å²) in [6.45, 7) is 2.64. The predicted octanol–water partition coefficient (Wildman–Crippen LogP) is 5.33. The van der Waals surface area contributed by atoms with Crippen molar-refractivity contribution in [2.24, 2.45) is 0 Å². The zero-order chi connectivity index (χ0) is 19.0. The van der Waals surface area contributed by atoms with Gasteiger partial charge in [0.1, 0.15) is 6.04 Å². The second-order valence-corrected chi connectivity index (χ2v) is 7.45. The van der Waals surface area contributed by atoms with Gasteiger partial charge in [-0.1, -0.05) is 58.2 Å². The van der Waals surface area contributed by atoms with Gasteiger partial charge in [0.05, 0.1) is 10.6 Å². The fourth-order valence-electron chi connectivity index (χ4n) is 3.27. The van der Waals surface area contributed by atoms with Crippen LogP contribution >= 0.6 is 23.2 Å². The number of likely N-dealkylation sites (tertiary alicyclic amines) is 1. The van der Waals surface area contributed by atoms with Crippen molar-refractivity contribution in [3.8, 4) is 11.4 Å². The normalized spacial score (nSPS) is 16.7. The molecule has 4 rings (SSSR count). The molecule has 0 aliphatic carbocycles. The quantitative estimate of drug-likeness (QED) is 0.594. The number of benzene rings is 2. The summed E-state index contributed by atoms with van der Waals surface area (Å²) in [6.07, 6.45) is 1.64. The van der Waals surface area contributed by atoms with Crippen LogP contribution in [0.25, 0.3) is 11.4 Å². The van der Waals surface area contributed by atoms with Gasteiger partial charge in [-0.3, -0.25) is 4.79 Å². The Kier molecular flexibility index (Phi) is 4.89. The average Bonchev–Trinajstić information content (AvgIpc) is 3.31. The van der Waals surface area contributed by atoms with Crippen molar-refractivity contribution in [3.63, 3.8) is 0 Å². The van der Waals surface area contributed by atoms with Crippen molar-refractivity contribution >= 4 is 29.1 Å². The molecule has 1 aliphatic rings. The van der Waals surface area contributed by atoms with Crippen LogP contribution < -0.4 is 0 Å². The Labute approximate surface area is 166 Å². The van der Waals surface area contributed by atoms with E-state index in [1.807, 2.05) is 31.2 Å². The first-order valence-electron chi connectivity index (χ1n) is 8.69. The zero-order valence-corrected chi connectivity index (χ0v) is 16.2. The van der Waals surface area contributed by atoms with E-state index in [9.17, 15) is 4.79 Å². The first-order valence-corrected chi connectivity index (χ1v) is 9.45. The van der Waals surface area contributed by atoms with E-state index in [1.165, 1.54) is 0 Å². The maximum Gasteiger partial charge on any atom is 0.256 e. The third-order valence-electron chi connectivity index (χ3n) is 4.71. The van der Waals surface area contributed by atoms with Crippen LogP contribution in [0, 0.1) is 6.92 Å². The molecule has 0 spiro atoms. The summed E-state index contributed by atoms with van der Waals surface area (Å²) in [7, 11) is 0. The van der Waals surface area contributed by atoms with Crippen molar-refractivity contribution in [2.45, 2.75) is 25.8 Å². The highest BCUT2D eigenvalue weighted by Crippen LogP contribution is 2.34. The molecule has 3 aromatic rings. The summed E-state index contributed by atoms with van der Waals surface area (Å²) in [6, 6.07) is 12.5. The number of halogens is 2. The summed E-state index contributed by atoms with van der Waals surface area (Å²) < 4.78 is 5.49. The summed E-state index contributed by atoms with van der Waals surface area (Å²) in [5.74, 6) is 0.810. The number of aryl methyl sites for hydroxylation is 1. The lowest BCUT2D eigenvalue weighted by molar-refractivity contribution is 0.0710. The van der Waals surface area contributed by atoms with E-state index in [-0.39, 0.29) is 11.9 Å². The standard InChI is InChI=1S/C20H17Cl2N3O2/c1-12-4-6-13(7-5-12)18-23-19(27-24-18)17-3-2-10-25(17)20(26)15-9-8-14(21)11-16(15)22/h4-9,11,17H,2-3,10H2,1H3/t17-/m0/s1. The van der Waals surface area contributed by atoms with Crippen LogP contribution in [0.15, 0.2) is 47.0 Å². The van der Waals surface area contributed by atoms with Crippen molar-refractivity contribution in [1.29, 1.82) is 0 Å². The molecule has 7 heteroatoms. The molecule has 0 saturated carbocycles. The molecule has 1 amide bonds. The van der Waals surface area contributed by atoms with Gasteiger partial charge < -0.3 is 9.42 Å². The topological polar surface area (TPSA) is 59.2 Å². The first-order chi connectivity index (χ1) is 13.0. The van der Waals surface area contributed by atoms with Gasteiger partial charge in [0.15, 0.2) is 0 Å². The zero-order valence-electron chi connectivity index (χ0n) is 14.7.